The first kappa shape index (κ1) is 15.3. The summed E-state index contributed by atoms with van der Waals surface area (Å²) < 4.78 is 40.2. The lowest BCUT2D eigenvalue weighted by Gasteiger charge is -2.29. The van der Waals surface area contributed by atoms with Gasteiger partial charge in [0, 0.05) is 17.6 Å². The second-order valence-corrected chi connectivity index (χ2v) is 5.64. The van der Waals surface area contributed by atoms with Crippen molar-refractivity contribution in [1.82, 2.24) is 10.6 Å². The van der Waals surface area contributed by atoms with Gasteiger partial charge in [-0.25, -0.2) is 0 Å². The van der Waals surface area contributed by atoms with Crippen LogP contribution in [0.2, 0.25) is 0 Å². The van der Waals surface area contributed by atoms with Crippen molar-refractivity contribution in [2.45, 2.75) is 19.1 Å². The zero-order valence-corrected chi connectivity index (χ0v) is 12.1. The van der Waals surface area contributed by atoms with Crippen molar-refractivity contribution >= 4 is 21.8 Å². The topological polar surface area (TPSA) is 41.1 Å². The average Bonchev–Trinajstić information content (AvgIpc) is 2.87. The predicted molar refractivity (Wildman–Crippen MR) is 72.0 cm³/mol. The minimum absolute atomic E-state index is 0.0675. The number of hydrogen-bond donors (Lipinski definition) is 2. The van der Waals surface area contributed by atoms with E-state index in [0.29, 0.717) is 0 Å². The zero-order valence-electron chi connectivity index (χ0n) is 10.6. The third-order valence-electron chi connectivity index (χ3n) is 3.53. The van der Waals surface area contributed by atoms with Crippen LogP contribution in [-0.2, 0) is 11.3 Å². The number of carbonyl (C=O) groups is 1. The van der Waals surface area contributed by atoms with Crippen molar-refractivity contribution < 1.29 is 18.0 Å². The minimum atomic E-state index is -4.55. The third-order valence-corrected chi connectivity index (χ3v) is 4.30. The van der Waals surface area contributed by atoms with Crippen LogP contribution in [0.4, 0.5) is 13.2 Å². The maximum atomic E-state index is 13.2. The number of benzene rings is 1. The number of halogens is 4. The molecule has 1 aromatic carbocycles. The first-order valence-electron chi connectivity index (χ1n) is 6.16. The highest BCUT2D eigenvalue weighted by Gasteiger charge is 2.61. The molecule has 20 heavy (non-hydrogen) atoms. The molecule has 1 aliphatic rings. The summed E-state index contributed by atoms with van der Waals surface area (Å²) in [6, 6.07) is 7.09. The van der Waals surface area contributed by atoms with Crippen LogP contribution in [0.1, 0.15) is 12.0 Å². The molecular weight excluding hydrogens is 337 g/mol. The van der Waals surface area contributed by atoms with E-state index in [1.165, 1.54) is 0 Å². The molecule has 1 amide bonds. The molecular formula is C13H14BrF3N2O. The Hall–Kier alpha value is -1.08. The highest BCUT2D eigenvalue weighted by Crippen LogP contribution is 2.43. The average molecular weight is 351 g/mol. The molecule has 1 heterocycles. The molecule has 0 aromatic heterocycles. The second-order valence-electron chi connectivity index (χ2n) is 4.78. The largest absolute Gasteiger partial charge is 0.404 e. The van der Waals surface area contributed by atoms with Crippen molar-refractivity contribution in [1.29, 1.82) is 0 Å². The molecule has 0 bridgehead atoms. The van der Waals surface area contributed by atoms with Crippen LogP contribution in [0.25, 0.3) is 0 Å². The Balaban J connectivity index is 2.09. The van der Waals surface area contributed by atoms with E-state index in [4.69, 9.17) is 0 Å². The summed E-state index contributed by atoms with van der Waals surface area (Å²) in [4.78, 5) is 12.0. The second kappa shape index (κ2) is 5.73. The quantitative estimate of drug-likeness (QED) is 0.879. The van der Waals surface area contributed by atoms with E-state index < -0.39 is 17.5 Å². The Morgan fingerprint density at radius 3 is 2.65 bits per heavy atom. The van der Waals surface area contributed by atoms with E-state index >= 15 is 0 Å². The Bertz CT molecular complexity index is 499. The number of carbonyl (C=O) groups excluding carboxylic acids is 1. The van der Waals surface area contributed by atoms with Crippen molar-refractivity contribution in [3.05, 3.63) is 34.3 Å². The molecule has 1 aliphatic heterocycles. The van der Waals surface area contributed by atoms with Gasteiger partial charge in [0.2, 0.25) is 5.91 Å². The first-order chi connectivity index (χ1) is 9.37. The van der Waals surface area contributed by atoms with Crippen molar-refractivity contribution in [3.8, 4) is 0 Å². The number of amides is 1. The normalized spacial score (nSPS) is 22.8. The van der Waals surface area contributed by atoms with E-state index in [1.807, 2.05) is 0 Å². The van der Waals surface area contributed by atoms with Crippen molar-refractivity contribution in [2.75, 3.05) is 13.1 Å². The Morgan fingerprint density at radius 2 is 2.10 bits per heavy atom. The van der Waals surface area contributed by atoms with Crippen LogP contribution in [0, 0.1) is 5.41 Å². The van der Waals surface area contributed by atoms with E-state index in [2.05, 4.69) is 26.6 Å². The van der Waals surface area contributed by atoms with Gasteiger partial charge in [-0.15, -0.1) is 0 Å². The van der Waals surface area contributed by atoms with E-state index in [0.717, 1.165) is 10.0 Å². The molecule has 2 N–H and O–H groups in total. The Kier molecular flexibility index (Phi) is 4.39. The molecule has 110 valence electrons. The maximum absolute atomic E-state index is 13.2. The summed E-state index contributed by atoms with van der Waals surface area (Å²) >= 11 is 3.30. The Morgan fingerprint density at radius 1 is 1.40 bits per heavy atom. The van der Waals surface area contributed by atoms with Crippen LogP contribution < -0.4 is 10.6 Å². The van der Waals surface area contributed by atoms with Gasteiger partial charge in [0.15, 0.2) is 5.41 Å². The van der Waals surface area contributed by atoms with Crippen LogP contribution in [0.15, 0.2) is 28.7 Å². The maximum Gasteiger partial charge on any atom is 0.404 e. The lowest BCUT2D eigenvalue weighted by molar-refractivity contribution is -0.216. The summed E-state index contributed by atoms with van der Waals surface area (Å²) in [7, 11) is 0. The lowest BCUT2D eigenvalue weighted by Crippen LogP contribution is -2.52. The fraction of sp³-hybridized carbons (Fsp3) is 0.462. The Labute approximate surface area is 123 Å². The van der Waals surface area contributed by atoms with Gasteiger partial charge in [0.05, 0.1) is 0 Å². The molecule has 2 rings (SSSR count). The van der Waals surface area contributed by atoms with Crippen LogP contribution in [0.3, 0.4) is 0 Å². The fourth-order valence-electron chi connectivity index (χ4n) is 2.24. The van der Waals surface area contributed by atoms with Crippen LogP contribution >= 0.6 is 15.9 Å². The first-order valence-corrected chi connectivity index (χ1v) is 6.95. The van der Waals surface area contributed by atoms with Gasteiger partial charge in [-0.05, 0) is 24.6 Å². The number of hydrogen-bond acceptors (Lipinski definition) is 2. The minimum Gasteiger partial charge on any atom is -0.351 e. The molecule has 1 saturated heterocycles. The van der Waals surface area contributed by atoms with Crippen molar-refractivity contribution in [3.63, 3.8) is 0 Å². The van der Waals surface area contributed by atoms with Gasteiger partial charge < -0.3 is 10.6 Å². The van der Waals surface area contributed by atoms with Crippen LogP contribution in [0.5, 0.6) is 0 Å². The lowest BCUT2D eigenvalue weighted by atomic mass is 9.85. The van der Waals surface area contributed by atoms with E-state index in [9.17, 15) is 18.0 Å². The molecule has 0 radical (unpaired) electrons. The SMILES string of the molecule is O=C(NCc1ccccc1Br)C1(C(F)(F)F)CCNC1. The molecule has 0 saturated carbocycles. The molecule has 1 atom stereocenters. The van der Waals surface area contributed by atoms with Crippen LogP contribution in [-0.4, -0.2) is 25.2 Å². The summed E-state index contributed by atoms with van der Waals surface area (Å²) in [5.41, 5.74) is -1.57. The zero-order chi connectivity index (χ0) is 14.8. The molecule has 0 spiro atoms. The molecule has 1 fully saturated rings. The van der Waals surface area contributed by atoms with Gasteiger partial charge >= 0.3 is 6.18 Å². The third kappa shape index (κ3) is 2.83. The molecule has 7 heteroatoms. The fourth-order valence-corrected chi connectivity index (χ4v) is 2.67. The predicted octanol–water partition coefficient (Wildman–Crippen LogP) is 2.61. The molecule has 0 aliphatic carbocycles. The molecule has 3 nitrogen and oxygen atoms in total. The highest BCUT2D eigenvalue weighted by atomic mass is 79.9. The van der Waals surface area contributed by atoms with Gasteiger partial charge in [0.1, 0.15) is 0 Å². The van der Waals surface area contributed by atoms with Gasteiger partial charge in [-0.3, -0.25) is 4.79 Å². The molecule has 1 unspecified atom stereocenters. The van der Waals surface area contributed by atoms with Gasteiger partial charge in [-0.2, -0.15) is 13.2 Å². The van der Waals surface area contributed by atoms with Crippen molar-refractivity contribution in [2.24, 2.45) is 5.41 Å². The summed E-state index contributed by atoms with van der Waals surface area (Å²) in [5, 5.41) is 5.02. The number of nitrogens with one attached hydrogen (secondary N) is 2. The van der Waals surface area contributed by atoms with Gasteiger partial charge in [0.25, 0.3) is 0 Å². The summed E-state index contributed by atoms with van der Waals surface area (Å²) in [5.74, 6) is -0.967. The number of rotatable bonds is 3. The highest BCUT2D eigenvalue weighted by molar-refractivity contribution is 9.10. The summed E-state index contributed by atoms with van der Waals surface area (Å²) in [6.45, 7) is -0.0989. The van der Waals surface area contributed by atoms with Gasteiger partial charge in [-0.1, -0.05) is 34.1 Å². The van der Waals surface area contributed by atoms with E-state index in [-0.39, 0.29) is 26.1 Å². The number of alkyl halides is 3. The van der Waals surface area contributed by atoms with E-state index in [1.54, 1.807) is 24.3 Å². The molecule has 1 aromatic rings. The summed E-state index contributed by atoms with van der Waals surface area (Å²) in [6.07, 6.45) is -4.77. The monoisotopic (exact) mass is 350 g/mol. The standard InChI is InChI=1S/C13H14BrF3N2O/c14-10-4-2-1-3-9(10)7-19-11(20)12(13(15,16)17)5-6-18-8-12/h1-4,18H,5-8H2,(H,19,20). The smallest absolute Gasteiger partial charge is 0.351 e.